The largest absolute Gasteiger partial charge is 0.494 e. The molecule has 1 aliphatic carbocycles. The third-order valence-electron chi connectivity index (χ3n) is 5.64. The van der Waals surface area contributed by atoms with Gasteiger partial charge < -0.3 is 4.74 Å². The van der Waals surface area contributed by atoms with Crippen LogP contribution in [0.25, 0.3) is 11.3 Å². The average Bonchev–Trinajstić information content (AvgIpc) is 2.68. The number of nitrogens with zero attached hydrogens (tertiary/aromatic N) is 2. The highest BCUT2D eigenvalue weighted by molar-refractivity contribution is 5.59. The molecule has 0 atom stereocenters. The summed E-state index contributed by atoms with van der Waals surface area (Å²) in [5.41, 5.74) is 2.44. The number of aromatic nitrogens is 2. The molecule has 140 valence electrons. The maximum absolute atomic E-state index is 13.8. The Morgan fingerprint density at radius 2 is 1.73 bits per heavy atom. The van der Waals surface area contributed by atoms with Gasteiger partial charge in [0.2, 0.25) is 0 Å². The van der Waals surface area contributed by atoms with Crippen LogP contribution in [0.4, 0.5) is 4.39 Å². The lowest BCUT2D eigenvalue weighted by atomic mass is 9.78. The summed E-state index contributed by atoms with van der Waals surface area (Å²) in [7, 11) is 1.46. The van der Waals surface area contributed by atoms with E-state index in [9.17, 15) is 4.39 Å². The molecule has 2 aromatic rings. The third-order valence-corrected chi connectivity index (χ3v) is 5.64. The zero-order valence-electron chi connectivity index (χ0n) is 15.9. The van der Waals surface area contributed by atoms with Crippen LogP contribution in [0.15, 0.2) is 30.3 Å². The molecule has 3 nitrogen and oxygen atoms in total. The molecule has 1 fully saturated rings. The summed E-state index contributed by atoms with van der Waals surface area (Å²) >= 11 is 0. The molecule has 0 aliphatic heterocycles. The minimum absolute atomic E-state index is 0.243. The van der Waals surface area contributed by atoms with E-state index in [0.717, 1.165) is 29.5 Å². The van der Waals surface area contributed by atoms with Crippen LogP contribution >= 0.6 is 0 Å². The van der Waals surface area contributed by atoms with E-state index in [0.29, 0.717) is 5.69 Å². The summed E-state index contributed by atoms with van der Waals surface area (Å²) in [5.74, 6) is 1.65. The Hall–Kier alpha value is -1.97. The lowest BCUT2D eigenvalue weighted by Gasteiger charge is -2.28. The number of hydrogen-bond donors (Lipinski definition) is 0. The summed E-state index contributed by atoms with van der Waals surface area (Å²) < 4.78 is 18.8. The van der Waals surface area contributed by atoms with Crippen molar-refractivity contribution in [3.05, 3.63) is 41.8 Å². The summed E-state index contributed by atoms with van der Waals surface area (Å²) in [4.78, 5) is 0. The molecule has 3 rings (SSSR count). The van der Waals surface area contributed by atoms with Gasteiger partial charge in [-0.3, -0.25) is 0 Å². The van der Waals surface area contributed by atoms with Crippen molar-refractivity contribution < 1.29 is 9.13 Å². The summed E-state index contributed by atoms with van der Waals surface area (Å²) in [6, 6.07) is 8.82. The van der Waals surface area contributed by atoms with Gasteiger partial charge in [0.25, 0.3) is 0 Å². The second-order valence-corrected chi connectivity index (χ2v) is 7.47. The van der Waals surface area contributed by atoms with Crippen molar-refractivity contribution in [3.8, 4) is 17.0 Å². The molecule has 1 heterocycles. The second-order valence-electron chi connectivity index (χ2n) is 7.47. The standard InChI is InChI=1S/C22H29FN2O/c1-3-4-16-5-7-17(8-6-16)9-11-19-12-13-21(25-24-19)18-10-14-22(26-2)20(23)15-18/h10,12-17H,3-9,11H2,1-2H3. The van der Waals surface area contributed by atoms with Crippen LogP contribution in [0.1, 0.15) is 57.6 Å². The normalized spacial score (nSPS) is 20.1. The second kappa shape index (κ2) is 9.11. The van der Waals surface area contributed by atoms with Gasteiger partial charge in [-0.25, -0.2) is 4.39 Å². The molecule has 0 bridgehead atoms. The fourth-order valence-electron chi connectivity index (χ4n) is 4.04. The van der Waals surface area contributed by atoms with Crippen molar-refractivity contribution in [1.82, 2.24) is 10.2 Å². The Bertz CT molecular complexity index is 694. The van der Waals surface area contributed by atoms with Crippen molar-refractivity contribution in [2.75, 3.05) is 7.11 Å². The molecule has 1 aromatic carbocycles. The predicted molar refractivity (Wildman–Crippen MR) is 103 cm³/mol. The van der Waals surface area contributed by atoms with Gasteiger partial charge in [0.15, 0.2) is 11.6 Å². The Morgan fingerprint density at radius 1 is 1.00 bits per heavy atom. The van der Waals surface area contributed by atoms with Crippen LogP contribution in [0.2, 0.25) is 0 Å². The first kappa shape index (κ1) is 18.8. The number of benzene rings is 1. The first-order chi connectivity index (χ1) is 12.7. The molecular weight excluding hydrogens is 327 g/mol. The van der Waals surface area contributed by atoms with Crippen molar-refractivity contribution in [1.29, 1.82) is 0 Å². The van der Waals surface area contributed by atoms with Crippen LogP contribution in [0.3, 0.4) is 0 Å². The lowest BCUT2D eigenvalue weighted by Crippen LogP contribution is -2.15. The first-order valence-electron chi connectivity index (χ1n) is 9.86. The topological polar surface area (TPSA) is 35.0 Å². The van der Waals surface area contributed by atoms with E-state index in [4.69, 9.17) is 4.74 Å². The molecule has 0 amide bonds. The van der Waals surface area contributed by atoms with Crippen LogP contribution in [-0.2, 0) is 6.42 Å². The van der Waals surface area contributed by atoms with Crippen molar-refractivity contribution in [2.45, 2.75) is 58.3 Å². The number of hydrogen-bond acceptors (Lipinski definition) is 3. The number of aryl methyl sites for hydroxylation is 1. The van der Waals surface area contributed by atoms with E-state index in [1.807, 2.05) is 12.1 Å². The van der Waals surface area contributed by atoms with Crippen molar-refractivity contribution in [2.24, 2.45) is 11.8 Å². The number of halogens is 1. The Labute approximate surface area is 156 Å². The smallest absolute Gasteiger partial charge is 0.165 e. The maximum Gasteiger partial charge on any atom is 0.165 e. The van der Waals surface area contributed by atoms with Gasteiger partial charge in [0.1, 0.15) is 0 Å². The van der Waals surface area contributed by atoms with Gasteiger partial charge in [-0.15, -0.1) is 0 Å². The highest BCUT2D eigenvalue weighted by Gasteiger charge is 2.20. The quantitative estimate of drug-likeness (QED) is 0.626. The summed E-state index contributed by atoms with van der Waals surface area (Å²) in [6.45, 7) is 2.29. The van der Waals surface area contributed by atoms with Crippen molar-refractivity contribution >= 4 is 0 Å². The van der Waals surface area contributed by atoms with Crippen molar-refractivity contribution in [3.63, 3.8) is 0 Å². The summed E-state index contributed by atoms with van der Waals surface area (Å²) in [5, 5.41) is 8.64. The number of methoxy groups -OCH3 is 1. The van der Waals surface area contributed by atoms with Gasteiger partial charge in [0.05, 0.1) is 18.5 Å². The summed E-state index contributed by atoms with van der Waals surface area (Å²) in [6.07, 6.45) is 10.4. The molecule has 0 saturated heterocycles. The van der Waals surface area contributed by atoms with Gasteiger partial charge in [-0.2, -0.15) is 10.2 Å². The molecule has 1 aliphatic rings. The Morgan fingerprint density at radius 3 is 2.31 bits per heavy atom. The molecule has 0 radical (unpaired) electrons. The first-order valence-corrected chi connectivity index (χ1v) is 9.86. The zero-order chi connectivity index (χ0) is 18.4. The van der Waals surface area contributed by atoms with E-state index in [1.165, 1.54) is 58.1 Å². The monoisotopic (exact) mass is 356 g/mol. The fourth-order valence-corrected chi connectivity index (χ4v) is 4.04. The minimum atomic E-state index is -0.380. The zero-order valence-corrected chi connectivity index (χ0v) is 15.9. The van der Waals surface area contributed by atoms with E-state index in [1.54, 1.807) is 12.1 Å². The highest BCUT2D eigenvalue weighted by Crippen LogP contribution is 2.33. The fraction of sp³-hybridized carbons (Fsp3) is 0.545. The Kier molecular flexibility index (Phi) is 6.59. The predicted octanol–water partition coefficient (Wildman–Crippen LogP) is 5.83. The lowest BCUT2D eigenvalue weighted by molar-refractivity contribution is 0.252. The molecule has 1 aromatic heterocycles. The number of ether oxygens (including phenoxy) is 1. The molecule has 26 heavy (non-hydrogen) atoms. The third kappa shape index (κ3) is 4.80. The Balaban J connectivity index is 1.53. The molecular formula is C22H29FN2O. The molecule has 1 saturated carbocycles. The van der Waals surface area contributed by atoms with Crippen LogP contribution < -0.4 is 4.74 Å². The molecule has 0 N–H and O–H groups in total. The van der Waals surface area contributed by atoms with Crippen LogP contribution in [-0.4, -0.2) is 17.3 Å². The average molecular weight is 356 g/mol. The SMILES string of the molecule is CCCC1CCC(CCc2ccc(-c3ccc(OC)c(F)c3)nn2)CC1. The van der Waals surface area contributed by atoms with E-state index >= 15 is 0 Å². The van der Waals surface area contributed by atoms with Gasteiger partial charge in [-0.1, -0.05) is 45.4 Å². The van der Waals surface area contributed by atoms with E-state index < -0.39 is 0 Å². The van der Waals surface area contributed by atoms with Gasteiger partial charge >= 0.3 is 0 Å². The van der Waals surface area contributed by atoms with Crippen LogP contribution in [0.5, 0.6) is 5.75 Å². The van der Waals surface area contributed by atoms with E-state index in [-0.39, 0.29) is 11.6 Å². The maximum atomic E-state index is 13.8. The van der Waals surface area contributed by atoms with Gasteiger partial charge in [0, 0.05) is 5.56 Å². The molecule has 4 heteroatoms. The van der Waals surface area contributed by atoms with Crippen LogP contribution in [0, 0.1) is 17.7 Å². The number of rotatable bonds is 7. The highest BCUT2D eigenvalue weighted by atomic mass is 19.1. The minimum Gasteiger partial charge on any atom is -0.494 e. The molecule has 0 spiro atoms. The van der Waals surface area contributed by atoms with E-state index in [2.05, 4.69) is 17.1 Å². The molecule has 0 unspecified atom stereocenters. The van der Waals surface area contributed by atoms with Gasteiger partial charge in [-0.05, 0) is 55.0 Å².